The molecule has 0 aliphatic rings. The molecule has 0 amide bonds. The molecule has 0 saturated carbocycles. The number of nitrogens with two attached hydrogens (primary N) is 1. The van der Waals surface area contributed by atoms with E-state index in [0.29, 0.717) is 22.5 Å². The van der Waals surface area contributed by atoms with Crippen molar-refractivity contribution < 1.29 is 19.4 Å². The van der Waals surface area contributed by atoms with Gasteiger partial charge in [-0.3, -0.25) is 0 Å². The quantitative estimate of drug-likeness (QED) is 0.786. The Labute approximate surface area is 102 Å². The van der Waals surface area contributed by atoms with Gasteiger partial charge in [-0.25, -0.2) is 9.97 Å². The molecule has 94 valence electrons. The number of carbonyl (C=O) groups is 1. The maximum atomic E-state index is 10.8. The van der Waals surface area contributed by atoms with Gasteiger partial charge in [-0.05, 0) is 0 Å². The van der Waals surface area contributed by atoms with Crippen LogP contribution in [0.1, 0.15) is 10.5 Å². The summed E-state index contributed by atoms with van der Waals surface area (Å²) in [6.45, 7) is 0. The molecule has 0 spiro atoms. The Bertz CT molecular complexity index is 627. The van der Waals surface area contributed by atoms with Gasteiger partial charge in [0, 0.05) is 12.1 Å². The summed E-state index contributed by atoms with van der Waals surface area (Å²) in [6.07, 6.45) is 0. The lowest BCUT2D eigenvalue weighted by atomic mass is 10.2. The predicted molar refractivity (Wildman–Crippen MR) is 61.4 cm³/mol. The van der Waals surface area contributed by atoms with Crippen molar-refractivity contribution in [1.29, 1.82) is 0 Å². The van der Waals surface area contributed by atoms with E-state index in [4.69, 9.17) is 15.2 Å². The van der Waals surface area contributed by atoms with Gasteiger partial charge in [0.15, 0.2) is 17.3 Å². The number of nitrogens with zero attached hydrogens (tertiary/aromatic N) is 2. The number of benzene rings is 1. The second kappa shape index (κ2) is 4.36. The third kappa shape index (κ3) is 1.86. The Hall–Kier alpha value is -2.57. The summed E-state index contributed by atoms with van der Waals surface area (Å²) < 4.78 is 10.2. The fraction of sp³-hybridized carbons (Fsp3) is 0.182. The number of nitrogen functional groups attached to an aromatic ring is 1. The van der Waals surface area contributed by atoms with Crippen molar-refractivity contribution in [3.63, 3.8) is 0 Å². The summed E-state index contributed by atoms with van der Waals surface area (Å²) in [6, 6.07) is 3.09. The van der Waals surface area contributed by atoms with Crippen molar-refractivity contribution in [2.24, 2.45) is 0 Å². The summed E-state index contributed by atoms with van der Waals surface area (Å²) in [5, 5.41) is 10.8. The van der Waals surface area contributed by atoms with Gasteiger partial charge in [-0.1, -0.05) is 0 Å². The molecule has 1 aromatic carbocycles. The smallest absolute Gasteiger partial charge is 0.163 e. The maximum Gasteiger partial charge on any atom is 0.163 e. The van der Waals surface area contributed by atoms with Crippen LogP contribution in [0.5, 0.6) is 11.5 Å². The first-order chi connectivity index (χ1) is 8.56. The summed E-state index contributed by atoms with van der Waals surface area (Å²) in [5.41, 5.74) is 5.84. The summed E-state index contributed by atoms with van der Waals surface area (Å²) in [4.78, 5) is 18.6. The van der Waals surface area contributed by atoms with Crippen LogP contribution in [0.4, 0.5) is 5.82 Å². The normalized spacial score (nSPS) is 10.3. The fourth-order valence-electron chi connectivity index (χ4n) is 1.55. The molecule has 0 fully saturated rings. The molecule has 2 rings (SSSR count). The fourth-order valence-corrected chi connectivity index (χ4v) is 1.55. The molecule has 7 nitrogen and oxygen atoms in total. The van der Waals surface area contributed by atoms with Crippen molar-refractivity contribution in [2.45, 2.75) is 0 Å². The number of fused-ring (bicyclic) bond motifs is 1. The molecule has 2 N–H and O–H groups in total. The molecule has 0 aliphatic heterocycles. The lowest BCUT2D eigenvalue weighted by Gasteiger charge is -2.10. The molecule has 0 aliphatic carbocycles. The number of hydrogen-bond donors (Lipinski definition) is 1. The van der Waals surface area contributed by atoms with E-state index in [-0.39, 0.29) is 5.82 Å². The molecule has 18 heavy (non-hydrogen) atoms. The van der Waals surface area contributed by atoms with Crippen LogP contribution < -0.4 is 20.3 Å². The van der Waals surface area contributed by atoms with Gasteiger partial charge in [0.25, 0.3) is 0 Å². The first-order valence-electron chi connectivity index (χ1n) is 4.97. The second-order valence-corrected chi connectivity index (χ2v) is 3.44. The zero-order chi connectivity index (χ0) is 13.3. The summed E-state index contributed by atoms with van der Waals surface area (Å²) in [7, 11) is 2.95. The largest absolute Gasteiger partial charge is 0.543 e. The van der Waals surface area contributed by atoms with Crippen LogP contribution in [0, 0.1) is 0 Å². The number of carbonyl (C=O) groups excluding carboxylic acids is 1. The summed E-state index contributed by atoms with van der Waals surface area (Å²) >= 11 is 0. The van der Waals surface area contributed by atoms with E-state index in [9.17, 15) is 9.90 Å². The van der Waals surface area contributed by atoms with E-state index >= 15 is 0 Å². The van der Waals surface area contributed by atoms with Gasteiger partial charge < -0.3 is 25.1 Å². The van der Waals surface area contributed by atoms with Gasteiger partial charge in [0.05, 0.1) is 31.2 Å². The van der Waals surface area contributed by atoms with E-state index in [0.717, 1.165) is 0 Å². The molecule has 0 radical (unpaired) electrons. The van der Waals surface area contributed by atoms with Crippen LogP contribution in [0.25, 0.3) is 11.0 Å². The highest BCUT2D eigenvalue weighted by Crippen LogP contribution is 2.31. The molecule has 1 aromatic heterocycles. The predicted octanol–water partition coefficient (Wildman–Crippen LogP) is -0.407. The van der Waals surface area contributed by atoms with E-state index < -0.39 is 11.7 Å². The van der Waals surface area contributed by atoms with Gasteiger partial charge in [0.1, 0.15) is 5.69 Å². The van der Waals surface area contributed by atoms with E-state index in [1.807, 2.05) is 0 Å². The Morgan fingerprint density at radius 2 is 1.67 bits per heavy atom. The molecule has 7 heteroatoms. The molecule has 2 aromatic rings. The van der Waals surface area contributed by atoms with Gasteiger partial charge in [0.2, 0.25) is 0 Å². The monoisotopic (exact) mass is 248 g/mol. The molecular weight excluding hydrogens is 238 g/mol. The number of aromatic carboxylic acids is 1. The lowest BCUT2D eigenvalue weighted by molar-refractivity contribution is -0.255. The Morgan fingerprint density at radius 3 is 2.11 bits per heavy atom. The van der Waals surface area contributed by atoms with Crippen LogP contribution in [-0.2, 0) is 0 Å². The van der Waals surface area contributed by atoms with Crippen molar-refractivity contribution in [3.8, 4) is 11.5 Å². The average Bonchev–Trinajstić information content (AvgIpc) is 2.36. The summed E-state index contributed by atoms with van der Waals surface area (Å²) in [5.74, 6) is -0.792. The van der Waals surface area contributed by atoms with Crippen LogP contribution in [0.15, 0.2) is 12.1 Å². The van der Waals surface area contributed by atoms with Crippen molar-refractivity contribution in [1.82, 2.24) is 9.97 Å². The van der Waals surface area contributed by atoms with Crippen LogP contribution >= 0.6 is 0 Å². The van der Waals surface area contributed by atoms with E-state index in [1.165, 1.54) is 20.3 Å². The molecule has 0 atom stereocenters. The molecular formula is C11H10N3O4-. The lowest BCUT2D eigenvalue weighted by Crippen LogP contribution is -2.25. The number of carboxylic acids is 1. The van der Waals surface area contributed by atoms with E-state index in [2.05, 4.69) is 9.97 Å². The molecule has 0 saturated heterocycles. The Balaban J connectivity index is 2.73. The highest BCUT2D eigenvalue weighted by atomic mass is 16.5. The number of ether oxygens (including phenoxy) is 2. The average molecular weight is 248 g/mol. The minimum absolute atomic E-state index is 0.199. The van der Waals surface area contributed by atoms with Crippen LogP contribution in [0.3, 0.4) is 0 Å². The standard InChI is InChI=1S/C11H11N3O4/c1-17-7-3-5-6(4-8(7)18-2)14-10(12)9(13-5)11(15)16/h3-4H,1-2H3,(H2,12,14)(H,15,16)/p-1. The Kier molecular flexibility index (Phi) is 2.88. The second-order valence-electron chi connectivity index (χ2n) is 3.44. The first kappa shape index (κ1) is 11.9. The minimum Gasteiger partial charge on any atom is -0.543 e. The SMILES string of the molecule is COc1cc2nc(N)c(C(=O)[O-])nc2cc1OC. The highest BCUT2D eigenvalue weighted by Gasteiger charge is 2.11. The van der Waals surface area contributed by atoms with Gasteiger partial charge >= 0.3 is 0 Å². The number of aromatic nitrogens is 2. The van der Waals surface area contributed by atoms with E-state index in [1.54, 1.807) is 6.07 Å². The molecule has 1 heterocycles. The molecule has 0 bridgehead atoms. The number of anilines is 1. The number of hydrogen-bond acceptors (Lipinski definition) is 7. The zero-order valence-electron chi connectivity index (χ0n) is 9.76. The van der Waals surface area contributed by atoms with Crippen LogP contribution in [-0.4, -0.2) is 30.2 Å². The van der Waals surface area contributed by atoms with Crippen molar-refractivity contribution >= 4 is 22.8 Å². The van der Waals surface area contributed by atoms with Crippen molar-refractivity contribution in [2.75, 3.05) is 20.0 Å². The third-order valence-corrected chi connectivity index (χ3v) is 2.39. The number of methoxy groups -OCH3 is 2. The van der Waals surface area contributed by atoms with Gasteiger partial charge in [-0.2, -0.15) is 0 Å². The third-order valence-electron chi connectivity index (χ3n) is 2.39. The minimum atomic E-state index is -1.48. The first-order valence-corrected chi connectivity index (χ1v) is 4.97. The Morgan fingerprint density at radius 1 is 1.17 bits per heavy atom. The van der Waals surface area contributed by atoms with Crippen molar-refractivity contribution in [3.05, 3.63) is 17.8 Å². The molecule has 0 unspecified atom stereocenters. The number of carboxylic acid groups (broad SMARTS) is 1. The van der Waals surface area contributed by atoms with Crippen LogP contribution in [0.2, 0.25) is 0 Å². The van der Waals surface area contributed by atoms with Gasteiger partial charge in [-0.15, -0.1) is 0 Å². The number of rotatable bonds is 3. The highest BCUT2D eigenvalue weighted by molar-refractivity contribution is 5.92. The topological polar surface area (TPSA) is 110 Å². The zero-order valence-corrected chi connectivity index (χ0v) is 9.76. The maximum absolute atomic E-state index is 10.8.